The van der Waals surface area contributed by atoms with Crippen LogP contribution >= 0.6 is 0 Å². The van der Waals surface area contributed by atoms with Crippen molar-refractivity contribution in [2.24, 2.45) is 0 Å². The molecular formula is C14H22CaO6. The first-order valence-electron chi connectivity index (χ1n) is 6.36. The molecule has 0 aromatic rings. The van der Waals surface area contributed by atoms with Gasteiger partial charge in [0.2, 0.25) is 0 Å². The molecule has 0 aliphatic carbocycles. The summed E-state index contributed by atoms with van der Waals surface area (Å²) in [5, 5.41) is 37.1. The van der Waals surface area contributed by atoms with Crippen molar-refractivity contribution in [2.45, 2.75) is 50.7 Å². The van der Waals surface area contributed by atoms with Gasteiger partial charge in [-0.3, -0.25) is 0 Å². The predicted molar refractivity (Wildman–Crippen MR) is 75.9 cm³/mol. The van der Waals surface area contributed by atoms with Crippen molar-refractivity contribution in [2.75, 3.05) is 0 Å². The first kappa shape index (κ1) is 25.5. The molecule has 0 bridgehead atoms. The molecule has 0 aromatic heterocycles. The molecule has 116 valence electrons. The fraction of sp³-hybridized carbons (Fsp3) is 0.571. The second kappa shape index (κ2) is 17.7. The topological polar surface area (TPSA) is 121 Å². The molecule has 0 amide bonds. The number of hydrogen-bond donors (Lipinski definition) is 2. The Morgan fingerprint density at radius 3 is 1.38 bits per heavy atom. The molecule has 2 unspecified atom stereocenters. The molecule has 0 rings (SSSR count). The van der Waals surface area contributed by atoms with Gasteiger partial charge in [-0.15, -0.1) is 13.2 Å². The predicted octanol–water partition coefficient (Wildman–Crippen LogP) is -1.47. The normalized spacial score (nSPS) is 11.9. The zero-order valence-electron chi connectivity index (χ0n) is 12.2. The molecule has 6 nitrogen and oxygen atoms in total. The summed E-state index contributed by atoms with van der Waals surface area (Å²) >= 11 is 0. The number of carbonyl (C=O) groups is 2. The average molecular weight is 326 g/mol. The van der Waals surface area contributed by atoms with Crippen LogP contribution in [0.5, 0.6) is 0 Å². The van der Waals surface area contributed by atoms with E-state index in [9.17, 15) is 19.8 Å². The Morgan fingerprint density at radius 2 is 1.19 bits per heavy atom. The van der Waals surface area contributed by atoms with Crippen LogP contribution in [0.3, 0.4) is 0 Å². The molecule has 2 N–H and O–H groups in total. The van der Waals surface area contributed by atoms with Gasteiger partial charge in [-0.25, -0.2) is 0 Å². The van der Waals surface area contributed by atoms with Crippen molar-refractivity contribution < 1.29 is 30.0 Å². The Balaban J connectivity index is -0.000000295. The SMILES string of the molecule is C=CCCCC(O)C(=O)[O-].C=CCCCC(O)C(=O)[O-].[Ca+2]. The van der Waals surface area contributed by atoms with Crippen LogP contribution in [0, 0.1) is 0 Å². The maximum Gasteiger partial charge on any atom is 2.00 e. The summed E-state index contributed by atoms with van der Waals surface area (Å²) in [6.07, 6.45) is 3.94. The van der Waals surface area contributed by atoms with Gasteiger partial charge in [0.05, 0.1) is 24.1 Å². The van der Waals surface area contributed by atoms with Crippen molar-refractivity contribution in [1.29, 1.82) is 0 Å². The van der Waals surface area contributed by atoms with Crippen LogP contribution in [0.2, 0.25) is 0 Å². The van der Waals surface area contributed by atoms with Gasteiger partial charge in [-0.05, 0) is 38.5 Å². The van der Waals surface area contributed by atoms with Crippen LogP contribution in [0.4, 0.5) is 0 Å². The fourth-order valence-electron chi connectivity index (χ4n) is 1.15. The number of unbranched alkanes of at least 4 members (excludes halogenated alkanes) is 2. The number of carbonyl (C=O) groups excluding carboxylic acids is 2. The molecule has 0 aliphatic heterocycles. The molecule has 21 heavy (non-hydrogen) atoms. The van der Waals surface area contributed by atoms with Crippen LogP contribution in [0.1, 0.15) is 38.5 Å². The van der Waals surface area contributed by atoms with E-state index >= 15 is 0 Å². The van der Waals surface area contributed by atoms with Crippen molar-refractivity contribution in [1.82, 2.24) is 0 Å². The maximum absolute atomic E-state index is 9.91. The number of carboxylic acids is 2. The number of aliphatic hydroxyl groups excluding tert-OH is 2. The Morgan fingerprint density at radius 1 is 0.905 bits per heavy atom. The zero-order valence-corrected chi connectivity index (χ0v) is 14.4. The van der Waals surface area contributed by atoms with E-state index in [1.807, 2.05) is 0 Å². The first-order valence-corrected chi connectivity index (χ1v) is 6.36. The Kier molecular flexibility index (Phi) is 21.5. The van der Waals surface area contributed by atoms with E-state index in [1.165, 1.54) is 0 Å². The Bertz CT molecular complexity index is 276. The number of allylic oxidation sites excluding steroid dienone is 2. The molecule has 7 heteroatoms. The van der Waals surface area contributed by atoms with Gasteiger partial charge < -0.3 is 30.0 Å². The molecule has 0 saturated carbocycles. The van der Waals surface area contributed by atoms with Crippen molar-refractivity contribution in [3.05, 3.63) is 25.3 Å². The van der Waals surface area contributed by atoms with E-state index in [-0.39, 0.29) is 50.6 Å². The number of aliphatic hydroxyl groups is 2. The third-order valence-corrected chi connectivity index (χ3v) is 2.32. The molecule has 0 radical (unpaired) electrons. The van der Waals surface area contributed by atoms with E-state index in [1.54, 1.807) is 12.2 Å². The number of rotatable bonds is 10. The molecule has 0 aromatic carbocycles. The molecule has 0 heterocycles. The largest absolute Gasteiger partial charge is 2.00 e. The van der Waals surface area contributed by atoms with Gasteiger partial charge in [-0.2, -0.15) is 0 Å². The second-order valence-electron chi connectivity index (χ2n) is 4.11. The minimum absolute atomic E-state index is 0. The van der Waals surface area contributed by atoms with Gasteiger partial charge in [0.15, 0.2) is 0 Å². The van der Waals surface area contributed by atoms with Gasteiger partial charge in [0.25, 0.3) is 0 Å². The Hall–Kier alpha value is -0.400. The minimum atomic E-state index is -1.40. The van der Waals surface area contributed by atoms with Gasteiger partial charge in [-0.1, -0.05) is 12.2 Å². The van der Waals surface area contributed by atoms with E-state index in [0.717, 1.165) is 12.8 Å². The third-order valence-electron chi connectivity index (χ3n) is 2.32. The van der Waals surface area contributed by atoms with E-state index in [4.69, 9.17) is 10.2 Å². The van der Waals surface area contributed by atoms with Crippen molar-refractivity contribution in [3.63, 3.8) is 0 Å². The van der Waals surface area contributed by atoms with Crippen LogP contribution < -0.4 is 10.2 Å². The number of carboxylic acid groups (broad SMARTS) is 2. The van der Waals surface area contributed by atoms with E-state index in [0.29, 0.717) is 12.8 Å². The number of hydrogen-bond acceptors (Lipinski definition) is 6. The average Bonchev–Trinajstić information content (AvgIpc) is 2.39. The standard InChI is InChI=1S/2C7H12O3.Ca/c2*1-2-3-4-5-6(8)7(9)10;/h2*2,6,8H,1,3-5H2,(H,9,10);/q;;+2/p-2. The molecule has 0 spiro atoms. The van der Waals surface area contributed by atoms with Crippen molar-refractivity contribution in [3.8, 4) is 0 Å². The van der Waals surface area contributed by atoms with Gasteiger partial charge in [0, 0.05) is 0 Å². The molecular weight excluding hydrogens is 304 g/mol. The molecule has 0 saturated heterocycles. The number of aliphatic carboxylic acids is 2. The van der Waals surface area contributed by atoms with Gasteiger partial charge in [0.1, 0.15) is 0 Å². The summed E-state index contributed by atoms with van der Waals surface area (Å²) in [6.45, 7) is 6.92. The maximum atomic E-state index is 9.91. The second-order valence-corrected chi connectivity index (χ2v) is 4.11. The summed E-state index contributed by atoms with van der Waals surface area (Å²) in [6, 6.07) is 0. The first-order chi connectivity index (χ1) is 9.36. The van der Waals surface area contributed by atoms with E-state index in [2.05, 4.69) is 13.2 Å². The summed E-state index contributed by atoms with van der Waals surface area (Å²) in [5.74, 6) is -2.80. The third kappa shape index (κ3) is 19.6. The minimum Gasteiger partial charge on any atom is -0.547 e. The van der Waals surface area contributed by atoms with Crippen molar-refractivity contribution >= 4 is 49.7 Å². The van der Waals surface area contributed by atoms with Crippen LogP contribution in [-0.4, -0.2) is 72.1 Å². The summed E-state index contributed by atoms with van der Waals surface area (Å²) in [4.78, 5) is 19.8. The summed E-state index contributed by atoms with van der Waals surface area (Å²) in [7, 11) is 0. The zero-order chi connectivity index (χ0) is 16.0. The fourth-order valence-corrected chi connectivity index (χ4v) is 1.15. The summed E-state index contributed by atoms with van der Waals surface area (Å²) in [5.41, 5.74) is 0. The Labute approximate surface area is 155 Å². The van der Waals surface area contributed by atoms with Crippen LogP contribution in [0.15, 0.2) is 25.3 Å². The monoisotopic (exact) mass is 326 g/mol. The quantitative estimate of drug-likeness (QED) is 0.287. The van der Waals surface area contributed by atoms with Crippen LogP contribution in [-0.2, 0) is 9.59 Å². The van der Waals surface area contributed by atoms with E-state index < -0.39 is 24.1 Å². The smallest absolute Gasteiger partial charge is 0.547 e. The molecule has 0 fully saturated rings. The molecule has 0 aliphatic rings. The van der Waals surface area contributed by atoms with Crippen LogP contribution in [0.25, 0.3) is 0 Å². The summed E-state index contributed by atoms with van der Waals surface area (Å²) < 4.78 is 0. The van der Waals surface area contributed by atoms with Gasteiger partial charge >= 0.3 is 37.7 Å². The molecule has 2 atom stereocenters.